The number of amidine groups is 1. The summed E-state index contributed by atoms with van der Waals surface area (Å²) in [7, 11) is 3.54. The van der Waals surface area contributed by atoms with Gasteiger partial charge in [-0.2, -0.15) is 4.99 Å². The Morgan fingerprint density at radius 3 is 2.53 bits per heavy atom. The van der Waals surface area contributed by atoms with Crippen LogP contribution in [0.15, 0.2) is 35.5 Å². The first kappa shape index (κ1) is 23.3. The first-order valence-corrected chi connectivity index (χ1v) is 10.5. The fourth-order valence-corrected chi connectivity index (χ4v) is 4.13. The fourth-order valence-electron chi connectivity index (χ4n) is 4.13. The van der Waals surface area contributed by atoms with Crippen LogP contribution < -0.4 is 5.32 Å². The van der Waals surface area contributed by atoms with Crippen LogP contribution in [0.4, 0.5) is 18.0 Å². The second-order valence-corrected chi connectivity index (χ2v) is 8.37. The van der Waals surface area contributed by atoms with Crippen LogP contribution in [0.2, 0.25) is 0 Å². The largest absolute Gasteiger partial charge is 0.465 e. The number of carbonyl (C=O) groups is 2. The van der Waals surface area contributed by atoms with E-state index in [1.165, 1.54) is 0 Å². The average Bonchev–Trinajstić information content (AvgIpc) is 3.12. The van der Waals surface area contributed by atoms with E-state index < -0.39 is 41.4 Å². The molecular weight excluding hydrogens is 451 g/mol. The van der Waals surface area contributed by atoms with Crippen molar-refractivity contribution in [1.82, 2.24) is 19.6 Å². The highest BCUT2D eigenvalue weighted by molar-refractivity contribution is 6.03. The molecular formula is C23H22F3N5O3. The van der Waals surface area contributed by atoms with Crippen LogP contribution >= 0.6 is 0 Å². The predicted octanol–water partition coefficient (Wildman–Crippen LogP) is 3.39. The van der Waals surface area contributed by atoms with Gasteiger partial charge in [0.2, 0.25) is 0 Å². The molecule has 1 aliphatic carbocycles. The van der Waals surface area contributed by atoms with E-state index in [2.05, 4.69) is 15.3 Å². The molecule has 0 saturated carbocycles. The van der Waals surface area contributed by atoms with Crippen molar-refractivity contribution in [1.29, 1.82) is 0 Å². The summed E-state index contributed by atoms with van der Waals surface area (Å²) < 4.78 is 43.6. The van der Waals surface area contributed by atoms with Gasteiger partial charge in [-0.05, 0) is 30.7 Å². The van der Waals surface area contributed by atoms with E-state index in [9.17, 15) is 27.9 Å². The SMILES string of the molecule is CC(=NC(=O)c1ccn2c3c(nc2c1)C[C@H](c1cc(F)c(F)cc1F)[C@@H](NC(=O)O)C3)N(C)C. The number of hydrogen-bond acceptors (Lipinski definition) is 3. The number of fused-ring (bicyclic) bond motifs is 3. The van der Waals surface area contributed by atoms with E-state index in [1.807, 2.05) is 0 Å². The number of nitrogens with zero attached hydrogens (tertiary/aromatic N) is 4. The lowest BCUT2D eigenvalue weighted by Gasteiger charge is -2.31. The normalized spacial score (nSPS) is 18.0. The number of pyridine rings is 1. The molecule has 11 heteroatoms. The van der Waals surface area contributed by atoms with Gasteiger partial charge < -0.3 is 19.7 Å². The average molecular weight is 473 g/mol. The second-order valence-electron chi connectivity index (χ2n) is 8.37. The monoisotopic (exact) mass is 473 g/mol. The van der Waals surface area contributed by atoms with Crippen LogP contribution in [-0.4, -0.2) is 57.4 Å². The Morgan fingerprint density at radius 2 is 1.85 bits per heavy atom. The van der Waals surface area contributed by atoms with Crippen molar-refractivity contribution < 1.29 is 27.9 Å². The molecule has 2 heterocycles. The first-order chi connectivity index (χ1) is 16.0. The molecule has 2 N–H and O–H groups in total. The summed E-state index contributed by atoms with van der Waals surface area (Å²) in [6.07, 6.45) is 0.546. The number of nitrogens with one attached hydrogen (secondary N) is 1. The molecule has 4 rings (SSSR count). The molecule has 2 amide bonds. The number of rotatable bonds is 3. The smallest absolute Gasteiger partial charge is 0.404 e. The number of hydrogen-bond donors (Lipinski definition) is 2. The summed E-state index contributed by atoms with van der Waals surface area (Å²) in [5.74, 6) is -4.22. The maximum atomic E-state index is 14.5. The highest BCUT2D eigenvalue weighted by atomic mass is 19.2. The molecule has 2 atom stereocenters. The van der Waals surface area contributed by atoms with Crippen LogP contribution in [-0.2, 0) is 12.8 Å². The molecule has 0 spiro atoms. The zero-order chi connectivity index (χ0) is 24.7. The van der Waals surface area contributed by atoms with Crippen molar-refractivity contribution in [2.24, 2.45) is 4.99 Å². The molecule has 3 aromatic rings. The third-order valence-corrected chi connectivity index (χ3v) is 6.03. The summed E-state index contributed by atoms with van der Waals surface area (Å²) in [6, 6.07) is 3.56. The van der Waals surface area contributed by atoms with Gasteiger partial charge in [-0.1, -0.05) is 0 Å². The molecule has 8 nitrogen and oxygen atoms in total. The van der Waals surface area contributed by atoms with Crippen LogP contribution in [0.3, 0.4) is 0 Å². The lowest BCUT2D eigenvalue weighted by atomic mass is 9.80. The molecule has 1 aliphatic rings. The molecule has 0 unspecified atom stereocenters. The van der Waals surface area contributed by atoms with Crippen molar-refractivity contribution in [3.8, 4) is 0 Å². The first-order valence-electron chi connectivity index (χ1n) is 10.5. The van der Waals surface area contributed by atoms with E-state index in [1.54, 1.807) is 48.6 Å². The van der Waals surface area contributed by atoms with Crippen LogP contribution in [0.5, 0.6) is 0 Å². The minimum atomic E-state index is -1.32. The topological polar surface area (TPSA) is 99.3 Å². The van der Waals surface area contributed by atoms with Crippen LogP contribution in [0.1, 0.15) is 40.2 Å². The zero-order valence-electron chi connectivity index (χ0n) is 18.6. The third kappa shape index (κ3) is 4.33. The van der Waals surface area contributed by atoms with E-state index in [0.717, 1.165) is 6.07 Å². The quantitative estimate of drug-likeness (QED) is 0.345. The van der Waals surface area contributed by atoms with E-state index in [0.29, 0.717) is 34.5 Å². The lowest BCUT2D eigenvalue weighted by molar-refractivity contribution is 0.100. The molecule has 2 aromatic heterocycles. The summed E-state index contributed by atoms with van der Waals surface area (Å²) in [5.41, 5.74) is 1.85. The van der Waals surface area contributed by atoms with Gasteiger partial charge in [0.25, 0.3) is 5.91 Å². The highest BCUT2D eigenvalue weighted by Crippen LogP contribution is 2.35. The molecule has 178 valence electrons. The van der Waals surface area contributed by atoms with Crippen LogP contribution in [0, 0.1) is 17.5 Å². The van der Waals surface area contributed by atoms with Gasteiger partial charge in [-0.3, -0.25) is 4.79 Å². The minimum absolute atomic E-state index is 0.0884. The number of benzene rings is 1. The van der Waals surface area contributed by atoms with Gasteiger partial charge in [-0.15, -0.1) is 0 Å². The Bertz CT molecular complexity index is 1340. The van der Waals surface area contributed by atoms with E-state index >= 15 is 0 Å². The Balaban J connectivity index is 1.75. The molecule has 0 fully saturated rings. The van der Waals surface area contributed by atoms with E-state index in [4.69, 9.17) is 0 Å². The Morgan fingerprint density at radius 1 is 1.15 bits per heavy atom. The third-order valence-electron chi connectivity index (χ3n) is 6.03. The predicted molar refractivity (Wildman–Crippen MR) is 118 cm³/mol. The van der Waals surface area contributed by atoms with Gasteiger partial charge in [0.15, 0.2) is 11.6 Å². The summed E-state index contributed by atoms with van der Waals surface area (Å²) in [6.45, 7) is 1.71. The van der Waals surface area contributed by atoms with E-state index in [-0.39, 0.29) is 18.4 Å². The molecule has 0 aliphatic heterocycles. The molecule has 34 heavy (non-hydrogen) atoms. The summed E-state index contributed by atoms with van der Waals surface area (Å²) >= 11 is 0. The Kier molecular flexibility index (Phi) is 6.03. The van der Waals surface area contributed by atoms with Crippen molar-refractivity contribution in [2.75, 3.05) is 14.1 Å². The fraction of sp³-hybridized carbons (Fsp3) is 0.304. The number of halogens is 3. The Hall–Kier alpha value is -3.89. The molecule has 0 bridgehead atoms. The lowest BCUT2D eigenvalue weighted by Crippen LogP contribution is -2.43. The molecule has 0 saturated heterocycles. The zero-order valence-corrected chi connectivity index (χ0v) is 18.6. The summed E-state index contributed by atoms with van der Waals surface area (Å²) in [4.78, 5) is 34.2. The number of aliphatic imine (C=N–C) groups is 1. The van der Waals surface area contributed by atoms with Crippen molar-refractivity contribution in [2.45, 2.75) is 31.7 Å². The number of carboxylic acid groups (broad SMARTS) is 1. The number of amides is 2. The molecule has 1 aromatic carbocycles. The van der Waals surface area contributed by atoms with Crippen molar-refractivity contribution >= 4 is 23.5 Å². The summed E-state index contributed by atoms with van der Waals surface area (Å²) in [5, 5.41) is 11.7. The maximum absolute atomic E-state index is 14.5. The van der Waals surface area contributed by atoms with Crippen molar-refractivity contribution in [3.63, 3.8) is 0 Å². The molecule has 0 radical (unpaired) electrons. The van der Waals surface area contributed by atoms with Gasteiger partial charge in [-0.25, -0.2) is 22.9 Å². The van der Waals surface area contributed by atoms with Crippen LogP contribution in [0.25, 0.3) is 5.65 Å². The number of aromatic nitrogens is 2. The standard InChI is InChI=1S/C23H22F3N5O3/c1-11(30(2)3)27-22(32)12-4-5-31-20-10-18(29-23(33)34)14(8-19(20)28-21(31)6-12)13-7-16(25)17(26)9-15(13)24/h4-7,9,14,18,29H,8,10H2,1-3H3,(H,33,34)/t14-,18+/m1/s1. The maximum Gasteiger partial charge on any atom is 0.404 e. The second kappa shape index (κ2) is 8.81. The van der Waals surface area contributed by atoms with Gasteiger partial charge in [0.1, 0.15) is 17.3 Å². The van der Waals surface area contributed by atoms with Gasteiger partial charge >= 0.3 is 6.09 Å². The number of imidazole rings is 1. The highest BCUT2D eigenvalue weighted by Gasteiger charge is 2.36. The number of carbonyl (C=O) groups excluding carboxylic acids is 1. The van der Waals surface area contributed by atoms with Crippen molar-refractivity contribution in [3.05, 3.63) is 70.4 Å². The van der Waals surface area contributed by atoms with Gasteiger partial charge in [0, 0.05) is 62.4 Å². The van der Waals surface area contributed by atoms with Gasteiger partial charge in [0.05, 0.1) is 5.69 Å². The minimum Gasteiger partial charge on any atom is -0.465 e. The Labute approximate surface area is 192 Å².